The first-order valence-corrected chi connectivity index (χ1v) is 15.2. The molecule has 0 aromatic heterocycles. The molecule has 0 amide bonds. The fourth-order valence-corrected chi connectivity index (χ4v) is 6.79. The Morgan fingerprint density at radius 2 is 0.786 bits per heavy atom. The molecule has 0 fully saturated rings. The monoisotopic (exact) mass is 540 g/mol. The van der Waals surface area contributed by atoms with Crippen LogP contribution in [-0.2, 0) is 0 Å². The molecule has 0 heteroatoms. The Morgan fingerprint density at radius 3 is 1.55 bits per heavy atom. The quantitative estimate of drug-likeness (QED) is 0.196. The van der Waals surface area contributed by atoms with Crippen LogP contribution in [0.3, 0.4) is 0 Å². The van der Waals surface area contributed by atoms with E-state index in [0.717, 1.165) is 0 Å². The Bertz CT molecular complexity index is 2170. The molecule has 0 saturated carbocycles. The smallest absolute Gasteiger partial charge is 0.00239 e. The van der Waals surface area contributed by atoms with Gasteiger partial charge in [0.1, 0.15) is 0 Å². The summed E-state index contributed by atoms with van der Waals surface area (Å²) in [6.07, 6.45) is 0. The first-order chi connectivity index (χ1) is 20.5. The molecule has 0 radical (unpaired) electrons. The fourth-order valence-electron chi connectivity index (χ4n) is 6.79. The molecule has 0 aliphatic carbocycles. The predicted molar refractivity (Wildman–Crippen MR) is 185 cm³/mol. The highest BCUT2D eigenvalue weighted by Crippen LogP contribution is 2.38. The molecule has 0 aliphatic rings. The van der Waals surface area contributed by atoms with Gasteiger partial charge in [0.15, 0.2) is 0 Å². The van der Waals surface area contributed by atoms with Gasteiger partial charge >= 0.3 is 0 Å². The van der Waals surface area contributed by atoms with E-state index in [1.807, 2.05) is 0 Å². The van der Waals surface area contributed by atoms with Crippen LogP contribution in [0, 0.1) is 0 Å². The molecule has 8 aromatic carbocycles. The molecule has 0 N–H and O–H groups in total. The fraction of sp³-hybridized carbons (Fsp3) is 0.143. The van der Waals surface area contributed by atoms with Crippen molar-refractivity contribution in [3.8, 4) is 11.1 Å². The highest BCUT2D eigenvalue weighted by atomic mass is 14.2. The van der Waals surface area contributed by atoms with E-state index in [-0.39, 0.29) is 0 Å². The summed E-state index contributed by atoms with van der Waals surface area (Å²) in [6, 6.07) is 48.7. The second-order valence-electron chi connectivity index (χ2n) is 12.1. The van der Waals surface area contributed by atoms with Gasteiger partial charge in [0.25, 0.3) is 0 Å². The largest absolute Gasteiger partial charge is 0.0616 e. The van der Waals surface area contributed by atoms with Crippen molar-refractivity contribution in [2.75, 3.05) is 0 Å². The molecule has 0 unspecified atom stereocenters. The molecular formula is C42H36. The zero-order valence-corrected chi connectivity index (χ0v) is 24.9. The molecule has 0 nitrogen and oxygen atoms in total. The van der Waals surface area contributed by atoms with Crippen LogP contribution in [0.15, 0.2) is 133 Å². The Morgan fingerprint density at radius 1 is 0.310 bits per heavy atom. The van der Waals surface area contributed by atoms with E-state index >= 15 is 0 Å². The molecular weight excluding hydrogens is 504 g/mol. The highest BCUT2D eigenvalue weighted by molar-refractivity contribution is 6.23. The van der Waals surface area contributed by atoms with Gasteiger partial charge in [0.05, 0.1) is 0 Å². The van der Waals surface area contributed by atoms with Crippen LogP contribution in [-0.4, -0.2) is 0 Å². The van der Waals surface area contributed by atoms with Crippen LogP contribution in [0.1, 0.15) is 50.7 Å². The van der Waals surface area contributed by atoms with Gasteiger partial charge in [-0.15, -0.1) is 0 Å². The van der Waals surface area contributed by atoms with E-state index in [0.29, 0.717) is 11.8 Å². The van der Waals surface area contributed by atoms with Crippen LogP contribution < -0.4 is 0 Å². The van der Waals surface area contributed by atoms with Crippen molar-refractivity contribution < 1.29 is 0 Å². The van der Waals surface area contributed by atoms with E-state index in [4.69, 9.17) is 0 Å². The molecule has 0 heterocycles. The lowest BCUT2D eigenvalue weighted by Crippen LogP contribution is -1.91. The molecule has 204 valence electrons. The Balaban J connectivity index is 0.000000139. The van der Waals surface area contributed by atoms with Crippen LogP contribution >= 0.6 is 0 Å². The standard InChI is InChI=1S/C23H20.C19H16/c1-16(2)18-11-6-14-22-20(18)13-7-15-23(22)21-12-5-9-17-8-3-4-10-19(17)21;1-12(2)16-10-8-15-7-6-13-4-3-5-14-9-11-17(16)19(15)18(13)14/h3-16H,1-2H3;3-12H,1-2H3. The second-order valence-corrected chi connectivity index (χ2v) is 12.1. The number of benzene rings is 8. The third kappa shape index (κ3) is 4.39. The zero-order chi connectivity index (χ0) is 28.8. The highest BCUT2D eigenvalue weighted by Gasteiger charge is 2.13. The average Bonchev–Trinajstić information content (AvgIpc) is 3.03. The minimum Gasteiger partial charge on any atom is -0.0616 e. The molecule has 0 atom stereocenters. The van der Waals surface area contributed by atoms with Gasteiger partial charge in [-0.2, -0.15) is 0 Å². The molecule has 42 heavy (non-hydrogen) atoms. The summed E-state index contributed by atoms with van der Waals surface area (Å²) in [6.45, 7) is 9.07. The van der Waals surface area contributed by atoms with Crippen LogP contribution in [0.2, 0.25) is 0 Å². The van der Waals surface area contributed by atoms with E-state index < -0.39 is 0 Å². The van der Waals surface area contributed by atoms with Crippen molar-refractivity contribution in [3.63, 3.8) is 0 Å². The summed E-state index contributed by atoms with van der Waals surface area (Å²) in [5, 5.41) is 13.6. The Labute approximate surface area is 248 Å². The topological polar surface area (TPSA) is 0 Å². The van der Waals surface area contributed by atoms with Gasteiger partial charge < -0.3 is 0 Å². The lowest BCUT2D eigenvalue weighted by atomic mass is 9.89. The van der Waals surface area contributed by atoms with Crippen molar-refractivity contribution in [2.24, 2.45) is 0 Å². The van der Waals surface area contributed by atoms with Crippen molar-refractivity contribution in [1.82, 2.24) is 0 Å². The lowest BCUT2D eigenvalue weighted by Gasteiger charge is -2.15. The van der Waals surface area contributed by atoms with Crippen molar-refractivity contribution >= 4 is 53.9 Å². The maximum atomic E-state index is 2.29. The normalized spacial score (nSPS) is 11.8. The Hall–Kier alpha value is -4.68. The van der Waals surface area contributed by atoms with Crippen LogP contribution in [0.5, 0.6) is 0 Å². The van der Waals surface area contributed by atoms with E-state index in [1.165, 1.54) is 76.1 Å². The van der Waals surface area contributed by atoms with Gasteiger partial charge in [0, 0.05) is 0 Å². The van der Waals surface area contributed by atoms with Gasteiger partial charge in [0.2, 0.25) is 0 Å². The first kappa shape index (κ1) is 26.2. The minimum atomic E-state index is 0.529. The SMILES string of the molecule is CC(C)c1ccc2ccc3cccc4ccc1c2c34.CC(C)c1cccc2c(-c3cccc4ccccc34)cccc12. The summed E-state index contributed by atoms with van der Waals surface area (Å²) >= 11 is 0. The average molecular weight is 541 g/mol. The molecule has 0 saturated heterocycles. The van der Waals surface area contributed by atoms with E-state index in [1.54, 1.807) is 0 Å². The van der Waals surface area contributed by atoms with Crippen LogP contribution in [0.4, 0.5) is 0 Å². The third-order valence-corrected chi connectivity index (χ3v) is 8.84. The van der Waals surface area contributed by atoms with Crippen LogP contribution in [0.25, 0.3) is 65.0 Å². The maximum absolute atomic E-state index is 2.29. The summed E-state index contributed by atoms with van der Waals surface area (Å²) in [5.41, 5.74) is 5.51. The van der Waals surface area contributed by atoms with Gasteiger partial charge in [-0.25, -0.2) is 0 Å². The third-order valence-electron chi connectivity index (χ3n) is 8.84. The maximum Gasteiger partial charge on any atom is -0.00239 e. The predicted octanol–water partition coefficient (Wildman–Crippen LogP) is 12.5. The second kappa shape index (κ2) is 10.6. The minimum absolute atomic E-state index is 0.529. The molecule has 0 bridgehead atoms. The summed E-state index contributed by atoms with van der Waals surface area (Å²) in [7, 11) is 0. The van der Waals surface area contributed by atoms with Crippen molar-refractivity contribution in [3.05, 3.63) is 145 Å². The number of hydrogen-bond donors (Lipinski definition) is 0. The molecule has 8 aromatic rings. The van der Waals surface area contributed by atoms with E-state index in [2.05, 4.69) is 161 Å². The lowest BCUT2D eigenvalue weighted by molar-refractivity contribution is 0.876. The summed E-state index contributed by atoms with van der Waals surface area (Å²) in [4.78, 5) is 0. The van der Waals surface area contributed by atoms with Crippen molar-refractivity contribution in [1.29, 1.82) is 0 Å². The van der Waals surface area contributed by atoms with Crippen molar-refractivity contribution in [2.45, 2.75) is 39.5 Å². The number of hydrogen-bond acceptors (Lipinski definition) is 0. The van der Waals surface area contributed by atoms with E-state index in [9.17, 15) is 0 Å². The molecule has 0 aliphatic heterocycles. The van der Waals surface area contributed by atoms with Gasteiger partial charge in [-0.1, -0.05) is 161 Å². The summed E-state index contributed by atoms with van der Waals surface area (Å²) in [5.74, 6) is 1.09. The first-order valence-electron chi connectivity index (χ1n) is 15.2. The molecule has 8 rings (SSSR count). The van der Waals surface area contributed by atoms with Gasteiger partial charge in [-0.3, -0.25) is 0 Å². The number of fused-ring (bicyclic) bond motifs is 2. The number of rotatable bonds is 3. The summed E-state index contributed by atoms with van der Waals surface area (Å²) < 4.78 is 0. The molecule has 0 spiro atoms. The van der Waals surface area contributed by atoms with Gasteiger partial charge in [-0.05, 0) is 88.0 Å². The Kier molecular flexibility index (Phi) is 6.63. The zero-order valence-electron chi connectivity index (χ0n) is 24.9.